The van der Waals surface area contributed by atoms with Crippen molar-refractivity contribution in [3.63, 3.8) is 0 Å². The van der Waals surface area contributed by atoms with Gasteiger partial charge in [-0.05, 0) is 26.0 Å². The molecule has 0 spiro atoms. The molecule has 2 atom stereocenters. The van der Waals surface area contributed by atoms with E-state index in [2.05, 4.69) is 5.32 Å². The molecule has 2 unspecified atom stereocenters. The van der Waals surface area contributed by atoms with Crippen LogP contribution in [-0.4, -0.2) is 54.9 Å². The molecule has 0 bridgehead atoms. The van der Waals surface area contributed by atoms with Gasteiger partial charge in [-0.25, -0.2) is 0 Å². The molecule has 0 radical (unpaired) electrons. The molecule has 20 heavy (non-hydrogen) atoms. The van der Waals surface area contributed by atoms with Gasteiger partial charge in [0.2, 0.25) is 0 Å². The fourth-order valence-electron chi connectivity index (χ4n) is 2.42. The van der Waals surface area contributed by atoms with Crippen molar-refractivity contribution in [2.75, 3.05) is 32.1 Å². The number of nitrogens with one attached hydrogen (secondary N) is 1. The van der Waals surface area contributed by atoms with Crippen molar-refractivity contribution in [1.29, 1.82) is 0 Å². The minimum atomic E-state index is -0.294. The summed E-state index contributed by atoms with van der Waals surface area (Å²) in [5.41, 5.74) is 2.53. The van der Waals surface area contributed by atoms with Gasteiger partial charge in [-0.2, -0.15) is 0 Å². The molecule has 2 rings (SSSR count). The number of aryl methyl sites for hydroxylation is 1. The molecule has 1 aromatic rings. The first kappa shape index (κ1) is 14.8. The third-order valence-electron chi connectivity index (χ3n) is 3.64. The maximum atomic E-state index is 12.8. The summed E-state index contributed by atoms with van der Waals surface area (Å²) in [5.74, 6) is -0.0210. The Morgan fingerprint density at radius 2 is 2.30 bits per heavy atom. The molecule has 0 aromatic heterocycles. The smallest absolute Gasteiger partial charge is 0.256 e. The van der Waals surface area contributed by atoms with E-state index in [1.165, 1.54) is 0 Å². The van der Waals surface area contributed by atoms with Crippen LogP contribution in [0.15, 0.2) is 18.2 Å². The molecule has 0 aliphatic carbocycles. The highest BCUT2D eigenvalue weighted by Gasteiger charge is 2.30. The zero-order chi connectivity index (χ0) is 14.7. The van der Waals surface area contributed by atoms with E-state index in [0.717, 1.165) is 11.3 Å². The van der Waals surface area contributed by atoms with Crippen molar-refractivity contribution in [2.24, 2.45) is 0 Å². The quantitative estimate of drug-likeness (QED) is 0.874. The van der Waals surface area contributed by atoms with Crippen molar-refractivity contribution in [3.05, 3.63) is 29.3 Å². The summed E-state index contributed by atoms with van der Waals surface area (Å²) >= 11 is 0. The summed E-state index contributed by atoms with van der Waals surface area (Å²) in [5, 5.41) is 12.3. The van der Waals surface area contributed by atoms with Gasteiger partial charge in [0, 0.05) is 19.3 Å². The highest BCUT2D eigenvalue weighted by atomic mass is 16.5. The Morgan fingerprint density at radius 1 is 1.55 bits per heavy atom. The number of aliphatic hydroxyl groups is 1. The summed E-state index contributed by atoms with van der Waals surface area (Å²) < 4.78 is 5.48. The van der Waals surface area contributed by atoms with Crippen LogP contribution in [0.5, 0.6) is 0 Å². The van der Waals surface area contributed by atoms with Crippen molar-refractivity contribution in [3.8, 4) is 0 Å². The number of carbonyl (C=O) groups excluding carboxylic acids is 1. The minimum Gasteiger partial charge on any atom is -0.394 e. The number of hydrogen-bond donors (Lipinski definition) is 2. The van der Waals surface area contributed by atoms with Gasteiger partial charge < -0.3 is 20.1 Å². The summed E-state index contributed by atoms with van der Waals surface area (Å²) in [6.07, 6.45) is -0.294. The standard InChI is InChI=1S/C15H22N2O3/c1-10-4-5-14(16-3)13(6-10)15(19)17-7-12(8-18)20-9-11(17)2/h4-6,11-12,16,18H,7-9H2,1-3H3. The third kappa shape index (κ3) is 2.94. The van der Waals surface area contributed by atoms with E-state index >= 15 is 0 Å². The summed E-state index contributed by atoms with van der Waals surface area (Å²) in [4.78, 5) is 14.5. The second-order valence-electron chi connectivity index (χ2n) is 5.24. The van der Waals surface area contributed by atoms with Gasteiger partial charge in [-0.15, -0.1) is 0 Å². The van der Waals surface area contributed by atoms with Gasteiger partial charge in [-0.3, -0.25) is 4.79 Å². The van der Waals surface area contributed by atoms with Crippen molar-refractivity contribution < 1.29 is 14.6 Å². The number of hydrogen-bond acceptors (Lipinski definition) is 4. The Kier molecular flexibility index (Phi) is 4.62. The van der Waals surface area contributed by atoms with Gasteiger partial charge in [0.25, 0.3) is 5.91 Å². The molecule has 1 aliphatic heterocycles. The lowest BCUT2D eigenvalue weighted by Gasteiger charge is -2.37. The lowest BCUT2D eigenvalue weighted by Crippen LogP contribution is -2.52. The number of benzene rings is 1. The predicted molar refractivity (Wildman–Crippen MR) is 78.1 cm³/mol. The topological polar surface area (TPSA) is 61.8 Å². The zero-order valence-corrected chi connectivity index (χ0v) is 12.2. The maximum absolute atomic E-state index is 12.8. The molecule has 1 aliphatic rings. The average molecular weight is 278 g/mol. The first-order valence-electron chi connectivity index (χ1n) is 6.88. The summed E-state index contributed by atoms with van der Waals surface area (Å²) in [7, 11) is 1.81. The largest absolute Gasteiger partial charge is 0.394 e. The second kappa shape index (κ2) is 6.24. The SMILES string of the molecule is CNc1ccc(C)cc1C(=O)N1CC(CO)OCC1C. The van der Waals surface area contributed by atoms with Gasteiger partial charge >= 0.3 is 0 Å². The molecule has 1 saturated heterocycles. The summed E-state index contributed by atoms with van der Waals surface area (Å²) in [6, 6.07) is 5.79. The molecule has 5 heteroatoms. The number of nitrogens with zero attached hydrogens (tertiary/aromatic N) is 1. The Balaban J connectivity index is 2.27. The van der Waals surface area contributed by atoms with Crippen molar-refractivity contribution in [2.45, 2.75) is 26.0 Å². The highest BCUT2D eigenvalue weighted by molar-refractivity contribution is 6.00. The molecular weight excluding hydrogens is 256 g/mol. The molecule has 110 valence electrons. The molecule has 2 N–H and O–H groups in total. The maximum Gasteiger partial charge on any atom is 0.256 e. The van der Waals surface area contributed by atoms with Crippen LogP contribution in [0.1, 0.15) is 22.8 Å². The molecule has 1 aromatic carbocycles. The van der Waals surface area contributed by atoms with E-state index in [1.807, 2.05) is 32.0 Å². The van der Waals surface area contributed by atoms with E-state index in [4.69, 9.17) is 4.74 Å². The van der Waals surface area contributed by atoms with Gasteiger partial charge in [0.05, 0.1) is 30.9 Å². The van der Waals surface area contributed by atoms with Crippen LogP contribution in [-0.2, 0) is 4.74 Å². The van der Waals surface area contributed by atoms with E-state index in [1.54, 1.807) is 11.9 Å². The van der Waals surface area contributed by atoms with Crippen LogP contribution in [0, 0.1) is 6.92 Å². The summed E-state index contributed by atoms with van der Waals surface area (Å²) in [6.45, 7) is 4.74. The van der Waals surface area contributed by atoms with Crippen LogP contribution in [0.3, 0.4) is 0 Å². The van der Waals surface area contributed by atoms with Crippen LogP contribution in [0.4, 0.5) is 5.69 Å². The van der Waals surface area contributed by atoms with E-state index in [-0.39, 0.29) is 24.7 Å². The first-order chi connectivity index (χ1) is 9.56. The van der Waals surface area contributed by atoms with E-state index < -0.39 is 0 Å². The number of amides is 1. The number of carbonyl (C=O) groups is 1. The molecule has 1 fully saturated rings. The fourth-order valence-corrected chi connectivity index (χ4v) is 2.42. The lowest BCUT2D eigenvalue weighted by molar-refractivity contribution is -0.0667. The Labute approximate surface area is 119 Å². The molecule has 1 heterocycles. The molecule has 0 saturated carbocycles. The molecular formula is C15H22N2O3. The zero-order valence-electron chi connectivity index (χ0n) is 12.2. The lowest BCUT2D eigenvalue weighted by atomic mass is 10.1. The van der Waals surface area contributed by atoms with Gasteiger partial charge in [-0.1, -0.05) is 11.6 Å². The number of morpholine rings is 1. The fraction of sp³-hybridized carbons (Fsp3) is 0.533. The van der Waals surface area contributed by atoms with Crippen LogP contribution in [0.2, 0.25) is 0 Å². The van der Waals surface area contributed by atoms with E-state index in [9.17, 15) is 9.90 Å². The normalized spacial score (nSPS) is 22.7. The molecule has 5 nitrogen and oxygen atoms in total. The minimum absolute atomic E-state index is 0.00974. The Hall–Kier alpha value is -1.59. The first-order valence-corrected chi connectivity index (χ1v) is 6.88. The monoisotopic (exact) mass is 278 g/mol. The van der Waals surface area contributed by atoms with Crippen LogP contribution in [0.25, 0.3) is 0 Å². The van der Waals surface area contributed by atoms with Crippen LogP contribution < -0.4 is 5.32 Å². The Morgan fingerprint density at radius 3 is 2.95 bits per heavy atom. The highest BCUT2D eigenvalue weighted by Crippen LogP contribution is 2.22. The van der Waals surface area contributed by atoms with Crippen LogP contribution >= 0.6 is 0 Å². The van der Waals surface area contributed by atoms with Gasteiger partial charge in [0.15, 0.2) is 0 Å². The number of rotatable bonds is 3. The number of aliphatic hydroxyl groups excluding tert-OH is 1. The van der Waals surface area contributed by atoms with Gasteiger partial charge in [0.1, 0.15) is 0 Å². The van der Waals surface area contributed by atoms with Crippen molar-refractivity contribution >= 4 is 11.6 Å². The van der Waals surface area contributed by atoms with E-state index in [0.29, 0.717) is 18.7 Å². The number of ether oxygens (including phenoxy) is 1. The third-order valence-corrected chi connectivity index (χ3v) is 3.64. The molecule has 1 amide bonds. The average Bonchev–Trinajstić information content (AvgIpc) is 2.47. The van der Waals surface area contributed by atoms with Crippen molar-refractivity contribution in [1.82, 2.24) is 4.90 Å². The Bertz CT molecular complexity index is 490. The number of anilines is 1. The predicted octanol–water partition coefficient (Wildman–Crippen LogP) is 1.26. The second-order valence-corrected chi connectivity index (χ2v) is 5.24.